The molecule has 2 rings (SSSR count). The monoisotopic (exact) mass is 331 g/mol. The van der Waals surface area contributed by atoms with Gasteiger partial charge in [0.2, 0.25) is 5.91 Å². The summed E-state index contributed by atoms with van der Waals surface area (Å²) >= 11 is 0. The van der Waals surface area contributed by atoms with Crippen molar-refractivity contribution in [1.82, 2.24) is 0 Å². The van der Waals surface area contributed by atoms with Crippen molar-refractivity contribution in [3.63, 3.8) is 0 Å². The van der Waals surface area contributed by atoms with Crippen molar-refractivity contribution < 1.29 is 23.7 Å². The van der Waals surface area contributed by atoms with Gasteiger partial charge in [0.1, 0.15) is 11.5 Å². The summed E-state index contributed by atoms with van der Waals surface area (Å²) in [5, 5.41) is 2.83. The fourth-order valence-electron chi connectivity index (χ4n) is 2.31. The summed E-state index contributed by atoms with van der Waals surface area (Å²) in [5.74, 6) is 2.29. The van der Waals surface area contributed by atoms with Gasteiger partial charge >= 0.3 is 0 Å². The number of benzene rings is 2. The minimum atomic E-state index is -0.172. The molecule has 1 N–H and O–H groups in total. The van der Waals surface area contributed by atoms with Gasteiger partial charge in [-0.25, -0.2) is 0 Å². The van der Waals surface area contributed by atoms with E-state index in [1.807, 2.05) is 0 Å². The van der Waals surface area contributed by atoms with Gasteiger partial charge in [-0.15, -0.1) is 0 Å². The van der Waals surface area contributed by atoms with Crippen LogP contribution < -0.4 is 24.3 Å². The number of carbonyl (C=O) groups excluding carboxylic acids is 1. The molecular weight excluding hydrogens is 310 g/mol. The molecule has 6 nitrogen and oxygen atoms in total. The Balaban J connectivity index is 2.13. The second-order valence-corrected chi connectivity index (χ2v) is 4.97. The Morgan fingerprint density at radius 2 is 1.50 bits per heavy atom. The molecule has 2 aromatic carbocycles. The van der Waals surface area contributed by atoms with E-state index in [1.165, 1.54) is 0 Å². The molecule has 128 valence electrons. The van der Waals surface area contributed by atoms with Crippen LogP contribution in [-0.2, 0) is 11.2 Å². The molecule has 0 aliphatic heterocycles. The van der Waals surface area contributed by atoms with Crippen LogP contribution in [0.1, 0.15) is 5.56 Å². The Kier molecular flexibility index (Phi) is 5.89. The van der Waals surface area contributed by atoms with Crippen molar-refractivity contribution in [3.8, 4) is 23.0 Å². The lowest BCUT2D eigenvalue weighted by molar-refractivity contribution is -0.115. The number of amides is 1. The number of methoxy groups -OCH3 is 4. The van der Waals surface area contributed by atoms with Crippen LogP contribution in [0.15, 0.2) is 36.4 Å². The maximum atomic E-state index is 12.3. The Labute approximate surface area is 141 Å². The molecule has 0 aliphatic rings. The summed E-state index contributed by atoms with van der Waals surface area (Å²) < 4.78 is 20.9. The molecular formula is C18H21NO5. The molecule has 0 fully saturated rings. The number of nitrogens with one attached hydrogen (secondary N) is 1. The van der Waals surface area contributed by atoms with Gasteiger partial charge in [0.25, 0.3) is 0 Å². The first-order chi connectivity index (χ1) is 11.6. The molecule has 0 saturated carbocycles. The van der Waals surface area contributed by atoms with Crippen molar-refractivity contribution in [2.24, 2.45) is 0 Å². The van der Waals surface area contributed by atoms with Crippen molar-refractivity contribution in [3.05, 3.63) is 42.0 Å². The zero-order valence-corrected chi connectivity index (χ0v) is 14.2. The van der Waals surface area contributed by atoms with Crippen LogP contribution in [0.3, 0.4) is 0 Å². The van der Waals surface area contributed by atoms with E-state index in [4.69, 9.17) is 18.9 Å². The minimum Gasteiger partial charge on any atom is -0.497 e. The van der Waals surface area contributed by atoms with E-state index in [1.54, 1.807) is 64.8 Å². The molecule has 0 aromatic heterocycles. The van der Waals surface area contributed by atoms with E-state index in [-0.39, 0.29) is 12.3 Å². The van der Waals surface area contributed by atoms with Gasteiger partial charge in [0.15, 0.2) is 11.5 Å². The van der Waals surface area contributed by atoms with Crippen LogP contribution in [0.25, 0.3) is 0 Å². The topological polar surface area (TPSA) is 66.0 Å². The highest BCUT2D eigenvalue weighted by molar-refractivity contribution is 5.93. The lowest BCUT2D eigenvalue weighted by atomic mass is 10.1. The minimum absolute atomic E-state index is 0.161. The Hall–Kier alpha value is -2.89. The molecule has 0 unspecified atom stereocenters. The largest absolute Gasteiger partial charge is 0.497 e. The zero-order chi connectivity index (χ0) is 17.5. The Morgan fingerprint density at radius 3 is 2.12 bits per heavy atom. The van der Waals surface area contributed by atoms with Crippen LogP contribution in [0, 0.1) is 0 Å². The molecule has 0 bridgehead atoms. The smallest absolute Gasteiger partial charge is 0.228 e. The average Bonchev–Trinajstić information content (AvgIpc) is 2.61. The van der Waals surface area contributed by atoms with Gasteiger partial charge in [0, 0.05) is 17.3 Å². The molecule has 0 aliphatic carbocycles. The van der Waals surface area contributed by atoms with E-state index in [0.29, 0.717) is 28.7 Å². The van der Waals surface area contributed by atoms with Crippen LogP contribution in [0.4, 0.5) is 5.69 Å². The van der Waals surface area contributed by atoms with Gasteiger partial charge < -0.3 is 24.3 Å². The number of rotatable bonds is 7. The van der Waals surface area contributed by atoms with Crippen LogP contribution in [-0.4, -0.2) is 34.3 Å². The third-order valence-electron chi connectivity index (χ3n) is 3.51. The van der Waals surface area contributed by atoms with E-state index in [2.05, 4.69) is 5.32 Å². The molecule has 0 heterocycles. The van der Waals surface area contributed by atoms with Gasteiger partial charge in [-0.3, -0.25) is 4.79 Å². The highest BCUT2D eigenvalue weighted by Crippen LogP contribution is 2.30. The Bertz CT molecular complexity index is 715. The number of carbonyl (C=O) groups is 1. The van der Waals surface area contributed by atoms with Gasteiger partial charge in [0.05, 0.1) is 34.9 Å². The highest BCUT2D eigenvalue weighted by atomic mass is 16.5. The summed E-state index contributed by atoms with van der Waals surface area (Å²) in [6.07, 6.45) is 0.161. The van der Waals surface area contributed by atoms with E-state index >= 15 is 0 Å². The summed E-state index contributed by atoms with van der Waals surface area (Å²) in [6, 6.07) is 10.5. The summed E-state index contributed by atoms with van der Waals surface area (Å²) in [6.45, 7) is 0. The van der Waals surface area contributed by atoms with E-state index < -0.39 is 0 Å². The summed E-state index contributed by atoms with van der Waals surface area (Å²) in [5.41, 5.74) is 1.37. The number of ether oxygens (including phenoxy) is 4. The van der Waals surface area contributed by atoms with E-state index in [0.717, 1.165) is 5.56 Å². The number of hydrogen-bond donors (Lipinski definition) is 1. The molecule has 24 heavy (non-hydrogen) atoms. The van der Waals surface area contributed by atoms with Gasteiger partial charge in [-0.2, -0.15) is 0 Å². The van der Waals surface area contributed by atoms with Crippen LogP contribution in [0.5, 0.6) is 23.0 Å². The molecule has 1 amide bonds. The maximum Gasteiger partial charge on any atom is 0.228 e. The van der Waals surface area contributed by atoms with Crippen molar-refractivity contribution in [2.75, 3.05) is 33.8 Å². The first-order valence-electron chi connectivity index (χ1n) is 7.34. The van der Waals surface area contributed by atoms with E-state index in [9.17, 15) is 4.79 Å². The first kappa shape index (κ1) is 17.5. The Morgan fingerprint density at radius 1 is 0.833 bits per heavy atom. The van der Waals surface area contributed by atoms with Crippen molar-refractivity contribution in [1.29, 1.82) is 0 Å². The molecule has 0 radical (unpaired) electrons. The SMILES string of the molecule is COc1ccc(OC)c(CC(=O)Nc2ccc(OC)c(OC)c2)c1. The fraction of sp³-hybridized carbons (Fsp3) is 0.278. The molecule has 0 saturated heterocycles. The lowest BCUT2D eigenvalue weighted by Crippen LogP contribution is -2.15. The van der Waals surface area contributed by atoms with Crippen LogP contribution >= 0.6 is 0 Å². The highest BCUT2D eigenvalue weighted by Gasteiger charge is 2.12. The van der Waals surface area contributed by atoms with Gasteiger partial charge in [-0.1, -0.05) is 0 Å². The third kappa shape index (κ3) is 4.10. The standard InChI is InChI=1S/C18H21NO5/c1-21-14-6-8-15(22-2)12(9-14)10-18(20)19-13-5-7-16(23-3)17(11-13)24-4/h5-9,11H,10H2,1-4H3,(H,19,20). The number of hydrogen-bond acceptors (Lipinski definition) is 5. The summed E-state index contributed by atoms with van der Waals surface area (Å²) in [7, 11) is 6.25. The summed E-state index contributed by atoms with van der Waals surface area (Å²) in [4.78, 5) is 12.3. The quantitative estimate of drug-likeness (QED) is 0.845. The predicted octanol–water partition coefficient (Wildman–Crippen LogP) is 2.90. The second kappa shape index (κ2) is 8.10. The molecule has 6 heteroatoms. The van der Waals surface area contributed by atoms with Gasteiger partial charge in [-0.05, 0) is 30.3 Å². The molecule has 0 spiro atoms. The third-order valence-corrected chi connectivity index (χ3v) is 3.51. The average molecular weight is 331 g/mol. The normalized spacial score (nSPS) is 10.0. The van der Waals surface area contributed by atoms with Crippen molar-refractivity contribution >= 4 is 11.6 Å². The second-order valence-electron chi connectivity index (χ2n) is 4.97. The number of anilines is 1. The predicted molar refractivity (Wildman–Crippen MR) is 91.4 cm³/mol. The lowest BCUT2D eigenvalue weighted by Gasteiger charge is -2.12. The fourth-order valence-corrected chi connectivity index (χ4v) is 2.31. The maximum absolute atomic E-state index is 12.3. The molecule has 2 aromatic rings. The van der Waals surface area contributed by atoms with Crippen molar-refractivity contribution in [2.45, 2.75) is 6.42 Å². The molecule has 0 atom stereocenters. The van der Waals surface area contributed by atoms with Crippen LogP contribution in [0.2, 0.25) is 0 Å². The first-order valence-corrected chi connectivity index (χ1v) is 7.34. The zero-order valence-electron chi connectivity index (χ0n) is 14.2.